The van der Waals surface area contributed by atoms with Crippen LogP contribution in [0.2, 0.25) is 0 Å². The van der Waals surface area contributed by atoms with E-state index in [9.17, 15) is 9.18 Å². The molecule has 19 heavy (non-hydrogen) atoms. The number of nitrogens with one attached hydrogen (secondary N) is 1. The molecule has 0 saturated heterocycles. The molecule has 0 spiro atoms. The topological polar surface area (TPSA) is 46.9 Å². The quantitative estimate of drug-likeness (QED) is 0.913. The normalized spacial score (nSPS) is 10.5. The minimum atomic E-state index is -0.257. The molecule has 0 radical (unpaired) electrons. The average molecular weight is 261 g/mol. The first-order valence-corrected chi connectivity index (χ1v) is 6.09. The number of hydrogen-bond donors (Lipinski definition) is 1. The SMILES string of the molecule is Cc1c(C(=O)NCCc2cccc(F)c2)cnn1C. The van der Waals surface area contributed by atoms with Crippen LogP contribution >= 0.6 is 0 Å². The molecule has 1 heterocycles. The summed E-state index contributed by atoms with van der Waals surface area (Å²) in [6.45, 7) is 2.31. The third-order valence-electron chi connectivity index (χ3n) is 3.07. The van der Waals surface area contributed by atoms with Gasteiger partial charge in [0.25, 0.3) is 5.91 Å². The Hall–Kier alpha value is -2.17. The van der Waals surface area contributed by atoms with Crippen LogP contribution < -0.4 is 5.32 Å². The molecule has 5 heteroatoms. The Morgan fingerprint density at radius 2 is 2.26 bits per heavy atom. The van der Waals surface area contributed by atoms with Crippen LogP contribution in [-0.2, 0) is 13.5 Å². The number of aromatic nitrogens is 2. The van der Waals surface area contributed by atoms with Crippen LogP contribution in [0.4, 0.5) is 4.39 Å². The van der Waals surface area contributed by atoms with Crippen LogP contribution in [0.15, 0.2) is 30.5 Å². The molecule has 2 rings (SSSR count). The fourth-order valence-electron chi connectivity index (χ4n) is 1.83. The van der Waals surface area contributed by atoms with Crippen molar-refractivity contribution >= 4 is 5.91 Å². The Kier molecular flexibility index (Phi) is 3.94. The Bertz CT molecular complexity index is 592. The van der Waals surface area contributed by atoms with Crippen molar-refractivity contribution in [2.75, 3.05) is 6.54 Å². The highest BCUT2D eigenvalue weighted by Gasteiger charge is 2.11. The van der Waals surface area contributed by atoms with E-state index in [2.05, 4.69) is 10.4 Å². The highest BCUT2D eigenvalue weighted by atomic mass is 19.1. The number of amides is 1. The van der Waals surface area contributed by atoms with Gasteiger partial charge in [-0.15, -0.1) is 0 Å². The number of rotatable bonds is 4. The van der Waals surface area contributed by atoms with Crippen molar-refractivity contribution in [3.8, 4) is 0 Å². The first-order chi connectivity index (χ1) is 9.08. The van der Waals surface area contributed by atoms with Crippen molar-refractivity contribution in [2.45, 2.75) is 13.3 Å². The van der Waals surface area contributed by atoms with E-state index in [-0.39, 0.29) is 11.7 Å². The summed E-state index contributed by atoms with van der Waals surface area (Å²) in [6, 6.07) is 6.38. The number of benzene rings is 1. The Morgan fingerprint density at radius 3 is 2.89 bits per heavy atom. The fourth-order valence-corrected chi connectivity index (χ4v) is 1.83. The summed E-state index contributed by atoms with van der Waals surface area (Å²) >= 11 is 0. The van der Waals surface area contributed by atoms with Gasteiger partial charge in [-0.25, -0.2) is 4.39 Å². The van der Waals surface area contributed by atoms with Crippen molar-refractivity contribution in [3.63, 3.8) is 0 Å². The summed E-state index contributed by atoms with van der Waals surface area (Å²) in [5.74, 6) is -0.408. The standard InChI is InChI=1S/C14H16FN3O/c1-10-13(9-17-18(10)2)14(19)16-7-6-11-4-3-5-12(15)8-11/h3-5,8-9H,6-7H2,1-2H3,(H,16,19). The molecule has 2 aromatic rings. The molecule has 0 saturated carbocycles. The van der Waals surface area contributed by atoms with Gasteiger partial charge in [-0.2, -0.15) is 5.10 Å². The second-order valence-electron chi connectivity index (χ2n) is 4.40. The number of carbonyl (C=O) groups is 1. The van der Waals surface area contributed by atoms with Crippen molar-refractivity contribution in [2.24, 2.45) is 7.05 Å². The maximum atomic E-state index is 13.0. The first kappa shape index (κ1) is 13.3. The summed E-state index contributed by atoms with van der Waals surface area (Å²) in [5, 5.41) is 6.83. The Labute approximate surface area is 111 Å². The van der Waals surface area contributed by atoms with Gasteiger partial charge in [0.15, 0.2) is 0 Å². The molecule has 1 aromatic carbocycles. The average Bonchev–Trinajstić information content (AvgIpc) is 2.70. The molecule has 0 aliphatic carbocycles. The van der Waals surface area contributed by atoms with Crippen LogP contribution in [-0.4, -0.2) is 22.2 Å². The predicted molar refractivity (Wildman–Crippen MR) is 70.4 cm³/mol. The minimum Gasteiger partial charge on any atom is -0.352 e. The van der Waals surface area contributed by atoms with Crippen LogP contribution in [0.5, 0.6) is 0 Å². The van der Waals surface area contributed by atoms with E-state index in [0.717, 1.165) is 11.3 Å². The van der Waals surface area contributed by atoms with Crippen LogP contribution in [0, 0.1) is 12.7 Å². The van der Waals surface area contributed by atoms with E-state index >= 15 is 0 Å². The fraction of sp³-hybridized carbons (Fsp3) is 0.286. The van der Waals surface area contributed by atoms with E-state index in [1.54, 1.807) is 24.0 Å². The lowest BCUT2D eigenvalue weighted by Crippen LogP contribution is -2.26. The number of nitrogens with zero attached hydrogens (tertiary/aromatic N) is 2. The zero-order chi connectivity index (χ0) is 13.8. The van der Waals surface area contributed by atoms with Gasteiger partial charge in [-0.3, -0.25) is 9.48 Å². The second kappa shape index (κ2) is 5.65. The van der Waals surface area contributed by atoms with Crippen molar-refractivity contribution in [3.05, 3.63) is 53.1 Å². The largest absolute Gasteiger partial charge is 0.352 e. The zero-order valence-corrected chi connectivity index (χ0v) is 11.0. The lowest BCUT2D eigenvalue weighted by molar-refractivity contribution is 0.0953. The van der Waals surface area contributed by atoms with Gasteiger partial charge in [0.1, 0.15) is 5.82 Å². The molecule has 1 aromatic heterocycles. The Morgan fingerprint density at radius 1 is 1.47 bits per heavy atom. The molecule has 0 unspecified atom stereocenters. The molecule has 0 aliphatic rings. The molecule has 1 N–H and O–H groups in total. The summed E-state index contributed by atoms with van der Waals surface area (Å²) in [5.41, 5.74) is 2.26. The van der Waals surface area contributed by atoms with Gasteiger partial charge in [0.05, 0.1) is 11.8 Å². The summed E-state index contributed by atoms with van der Waals surface area (Å²) in [7, 11) is 1.79. The molecule has 0 aliphatic heterocycles. The first-order valence-electron chi connectivity index (χ1n) is 6.09. The van der Waals surface area contributed by atoms with Crippen molar-refractivity contribution < 1.29 is 9.18 Å². The predicted octanol–water partition coefficient (Wildman–Crippen LogP) is 1.84. The molecule has 4 nitrogen and oxygen atoms in total. The molecule has 100 valence electrons. The van der Waals surface area contributed by atoms with E-state index in [1.807, 2.05) is 13.0 Å². The number of halogens is 1. The maximum Gasteiger partial charge on any atom is 0.254 e. The van der Waals surface area contributed by atoms with Gasteiger partial charge < -0.3 is 5.32 Å². The second-order valence-corrected chi connectivity index (χ2v) is 4.40. The van der Waals surface area contributed by atoms with Gasteiger partial charge in [-0.1, -0.05) is 12.1 Å². The number of hydrogen-bond acceptors (Lipinski definition) is 2. The molecular weight excluding hydrogens is 245 g/mol. The molecule has 1 amide bonds. The Balaban J connectivity index is 1.89. The van der Waals surface area contributed by atoms with Crippen LogP contribution in [0.3, 0.4) is 0 Å². The van der Waals surface area contributed by atoms with E-state index < -0.39 is 0 Å². The smallest absolute Gasteiger partial charge is 0.254 e. The van der Waals surface area contributed by atoms with Crippen LogP contribution in [0.1, 0.15) is 21.6 Å². The lowest BCUT2D eigenvalue weighted by Gasteiger charge is -2.05. The van der Waals surface area contributed by atoms with E-state index in [1.165, 1.54) is 12.1 Å². The number of aryl methyl sites for hydroxylation is 1. The third-order valence-corrected chi connectivity index (χ3v) is 3.07. The monoisotopic (exact) mass is 261 g/mol. The molecular formula is C14H16FN3O. The zero-order valence-electron chi connectivity index (χ0n) is 11.0. The molecule has 0 atom stereocenters. The summed E-state index contributed by atoms with van der Waals surface area (Å²) in [6.07, 6.45) is 2.15. The minimum absolute atomic E-state index is 0.151. The van der Waals surface area contributed by atoms with Crippen LogP contribution in [0.25, 0.3) is 0 Å². The van der Waals surface area contributed by atoms with Gasteiger partial charge in [0, 0.05) is 19.3 Å². The van der Waals surface area contributed by atoms with Crippen molar-refractivity contribution in [1.29, 1.82) is 0 Å². The van der Waals surface area contributed by atoms with Gasteiger partial charge >= 0.3 is 0 Å². The summed E-state index contributed by atoms with van der Waals surface area (Å²) in [4.78, 5) is 11.9. The molecule has 0 fully saturated rings. The van der Waals surface area contributed by atoms with E-state index in [4.69, 9.17) is 0 Å². The molecule has 0 bridgehead atoms. The highest BCUT2D eigenvalue weighted by molar-refractivity contribution is 5.94. The maximum absolute atomic E-state index is 13.0. The highest BCUT2D eigenvalue weighted by Crippen LogP contribution is 2.06. The van der Waals surface area contributed by atoms with Crippen molar-refractivity contribution in [1.82, 2.24) is 15.1 Å². The summed E-state index contributed by atoms with van der Waals surface area (Å²) < 4.78 is 14.6. The van der Waals surface area contributed by atoms with Gasteiger partial charge in [0.2, 0.25) is 0 Å². The van der Waals surface area contributed by atoms with E-state index in [0.29, 0.717) is 18.5 Å². The number of carbonyl (C=O) groups excluding carboxylic acids is 1. The lowest BCUT2D eigenvalue weighted by atomic mass is 10.1. The van der Waals surface area contributed by atoms with Gasteiger partial charge in [-0.05, 0) is 31.0 Å². The third kappa shape index (κ3) is 3.19.